The molecule has 2 aromatic rings. The third-order valence-corrected chi connectivity index (χ3v) is 4.81. The molecule has 0 radical (unpaired) electrons. The van der Waals surface area contributed by atoms with Crippen LogP contribution in [0.1, 0.15) is 13.3 Å². The molecule has 0 aliphatic carbocycles. The number of nitrogens with one attached hydrogen (secondary N) is 1. The first-order valence-electron chi connectivity index (χ1n) is 6.78. The lowest BCUT2D eigenvalue weighted by molar-refractivity contribution is 0.333. The summed E-state index contributed by atoms with van der Waals surface area (Å²) < 4.78 is 4.19. The molecule has 2 heterocycles. The molecule has 3 nitrogen and oxygen atoms in total. The molecule has 102 valence electrons. The Hall–Kier alpha value is -0.650. The van der Waals surface area contributed by atoms with Crippen LogP contribution in [0.2, 0.25) is 0 Å². The maximum absolute atomic E-state index is 5.47. The number of halogens is 1. The fourth-order valence-electron chi connectivity index (χ4n) is 2.91. The summed E-state index contributed by atoms with van der Waals surface area (Å²) in [5.74, 6) is 0.713. The average Bonchev–Trinajstić information content (AvgIpc) is 2.96. The van der Waals surface area contributed by atoms with Crippen molar-refractivity contribution in [1.82, 2.24) is 14.5 Å². The molecule has 5 heteroatoms. The number of H-pyrrole nitrogens is 1. The van der Waals surface area contributed by atoms with E-state index in [1.54, 1.807) is 0 Å². The summed E-state index contributed by atoms with van der Waals surface area (Å²) >= 11 is 9.01. The number of aromatic amines is 1. The molecule has 1 aromatic heterocycles. The highest BCUT2D eigenvalue weighted by Gasteiger charge is 2.22. The van der Waals surface area contributed by atoms with E-state index in [9.17, 15) is 0 Å². The van der Waals surface area contributed by atoms with Crippen molar-refractivity contribution >= 4 is 39.2 Å². The quantitative estimate of drug-likeness (QED) is 0.860. The van der Waals surface area contributed by atoms with Crippen molar-refractivity contribution in [3.05, 3.63) is 27.4 Å². The minimum atomic E-state index is 0.713. The predicted molar refractivity (Wildman–Crippen MR) is 85.0 cm³/mol. The molecule has 0 spiro atoms. The van der Waals surface area contributed by atoms with Gasteiger partial charge in [-0.05, 0) is 55.8 Å². The maximum atomic E-state index is 5.47. The number of nitrogens with zero attached hydrogens (tertiary/aromatic N) is 2. The van der Waals surface area contributed by atoms with Crippen molar-refractivity contribution in [3.63, 3.8) is 0 Å². The molecular formula is C14H18BrN3S. The lowest BCUT2D eigenvalue weighted by Gasteiger charge is -2.14. The molecule has 1 unspecified atom stereocenters. The summed E-state index contributed by atoms with van der Waals surface area (Å²) in [6.45, 7) is 6.82. The number of benzene rings is 1. The Kier molecular flexibility index (Phi) is 3.78. The van der Waals surface area contributed by atoms with Gasteiger partial charge in [0, 0.05) is 17.6 Å². The van der Waals surface area contributed by atoms with Crippen molar-refractivity contribution in [1.29, 1.82) is 0 Å². The van der Waals surface area contributed by atoms with E-state index in [1.807, 2.05) is 6.07 Å². The van der Waals surface area contributed by atoms with Gasteiger partial charge in [-0.25, -0.2) is 0 Å². The molecule has 0 bridgehead atoms. The summed E-state index contributed by atoms with van der Waals surface area (Å²) in [5.41, 5.74) is 2.33. The minimum absolute atomic E-state index is 0.713. The Morgan fingerprint density at radius 3 is 3.05 bits per heavy atom. The molecule has 1 N–H and O–H groups in total. The van der Waals surface area contributed by atoms with Gasteiger partial charge < -0.3 is 14.5 Å². The van der Waals surface area contributed by atoms with Crippen LogP contribution < -0.4 is 0 Å². The zero-order chi connectivity index (χ0) is 13.4. The van der Waals surface area contributed by atoms with Gasteiger partial charge in [0.2, 0.25) is 0 Å². The van der Waals surface area contributed by atoms with E-state index in [1.165, 1.54) is 25.0 Å². The van der Waals surface area contributed by atoms with Crippen molar-refractivity contribution in [2.75, 3.05) is 19.6 Å². The third-order valence-electron chi connectivity index (χ3n) is 4.00. The highest BCUT2D eigenvalue weighted by molar-refractivity contribution is 9.10. The smallest absolute Gasteiger partial charge is 0.178 e. The van der Waals surface area contributed by atoms with Gasteiger partial charge in [-0.1, -0.05) is 22.9 Å². The lowest BCUT2D eigenvalue weighted by atomic mass is 10.1. The monoisotopic (exact) mass is 339 g/mol. The van der Waals surface area contributed by atoms with Gasteiger partial charge in [0.15, 0.2) is 4.77 Å². The first-order chi connectivity index (χ1) is 9.17. The molecule has 1 aliphatic rings. The Bertz CT molecular complexity index is 646. The van der Waals surface area contributed by atoms with Crippen LogP contribution in [-0.2, 0) is 6.54 Å². The van der Waals surface area contributed by atoms with E-state index >= 15 is 0 Å². The Labute approximate surface area is 126 Å². The highest BCUT2D eigenvalue weighted by Crippen LogP contribution is 2.23. The van der Waals surface area contributed by atoms with Crippen molar-refractivity contribution < 1.29 is 0 Å². The number of likely N-dealkylation sites (tertiary alicyclic amines) is 1. The number of fused-ring (bicyclic) bond motifs is 1. The number of hydrogen-bond donors (Lipinski definition) is 1. The zero-order valence-electron chi connectivity index (χ0n) is 11.0. The topological polar surface area (TPSA) is 24.0 Å². The molecule has 1 aliphatic heterocycles. The summed E-state index contributed by atoms with van der Waals surface area (Å²) in [6, 6.07) is 6.28. The fourth-order valence-corrected chi connectivity index (χ4v) is 3.55. The van der Waals surface area contributed by atoms with Crippen LogP contribution in [0, 0.1) is 10.7 Å². The summed E-state index contributed by atoms with van der Waals surface area (Å²) in [4.78, 5) is 5.81. The van der Waals surface area contributed by atoms with Crippen LogP contribution in [0.3, 0.4) is 0 Å². The van der Waals surface area contributed by atoms with Crippen molar-refractivity contribution in [2.24, 2.45) is 5.92 Å². The molecule has 1 saturated heterocycles. The van der Waals surface area contributed by atoms with Crippen LogP contribution in [0.25, 0.3) is 11.0 Å². The number of hydrogen-bond acceptors (Lipinski definition) is 2. The molecule has 0 amide bonds. The first-order valence-corrected chi connectivity index (χ1v) is 7.98. The van der Waals surface area contributed by atoms with E-state index in [4.69, 9.17) is 12.2 Å². The lowest BCUT2D eigenvalue weighted by Crippen LogP contribution is -2.21. The first kappa shape index (κ1) is 13.3. The van der Waals surface area contributed by atoms with Gasteiger partial charge >= 0.3 is 0 Å². The second-order valence-electron chi connectivity index (χ2n) is 5.25. The Balaban J connectivity index is 1.90. The Morgan fingerprint density at radius 1 is 1.47 bits per heavy atom. The highest BCUT2D eigenvalue weighted by atomic mass is 79.9. The van der Waals surface area contributed by atoms with Gasteiger partial charge in [-0.2, -0.15) is 0 Å². The maximum Gasteiger partial charge on any atom is 0.178 e. The second-order valence-corrected chi connectivity index (χ2v) is 6.55. The van der Waals surface area contributed by atoms with E-state index in [0.717, 1.165) is 27.8 Å². The van der Waals surface area contributed by atoms with Gasteiger partial charge in [0.25, 0.3) is 0 Å². The van der Waals surface area contributed by atoms with Crippen LogP contribution in [0.15, 0.2) is 22.7 Å². The van der Waals surface area contributed by atoms with Gasteiger partial charge in [-0.3, -0.25) is 0 Å². The number of imidazole rings is 1. The van der Waals surface area contributed by atoms with Crippen molar-refractivity contribution in [2.45, 2.75) is 19.9 Å². The molecular weight excluding hydrogens is 322 g/mol. The summed E-state index contributed by atoms with van der Waals surface area (Å²) in [5, 5.41) is 0. The van der Waals surface area contributed by atoms with Crippen LogP contribution in [0.4, 0.5) is 0 Å². The molecule has 19 heavy (non-hydrogen) atoms. The van der Waals surface area contributed by atoms with E-state index in [2.05, 4.69) is 49.4 Å². The van der Waals surface area contributed by atoms with Crippen LogP contribution in [-0.4, -0.2) is 34.1 Å². The third kappa shape index (κ3) is 2.64. The van der Waals surface area contributed by atoms with Crippen LogP contribution in [0.5, 0.6) is 0 Å². The molecule has 1 fully saturated rings. The van der Waals surface area contributed by atoms with Crippen molar-refractivity contribution in [3.8, 4) is 0 Å². The fraction of sp³-hybridized carbons (Fsp3) is 0.500. The molecule has 1 aromatic carbocycles. The normalized spacial score (nSPS) is 20.4. The number of aromatic nitrogens is 2. The van der Waals surface area contributed by atoms with Gasteiger partial charge in [0.05, 0.1) is 11.0 Å². The summed E-state index contributed by atoms with van der Waals surface area (Å²) in [7, 11) is 0. The minimum Gasteiger partial charge on any atom is -0.331 e. The van der Waals surface area contributed by atoms with Gasteiger partial charge in [0.1, 0.15) is 0 Å². The largest absolute Gasteiger partial charge is 0.331 e. The number of rotatable bonds is 3. The molecule has 0 saturated carbocycles. The van der Waals surface area contributed by atoms with E-state index in [-0.39, 0.29) is 0 Å². The zero-order valence-corrected chi connectivity index (χ0v) is 13.4. The van der Waals surface area contributed by atoms with Gasteiger partial charge in [-0.15, -0.1) is 0 Å². The van der Waals surface area contributed by atoms with Crippen LogP contribution >= 0.6 is 28.1 Å². The molecule has 1 atom stereocenters. The SMILES string of the molecule is CCN1CCC(Cn2c(=S)[nH]c3ccc(Br)cc32)C1. The second kappa shape index (κ2) is 5.38. The summed E-state index contributed by atoms with van der Waals surface area (Å²) in [6.07, 6.45) is 1.27. The standard InChI is InChI=1S/C14H18BrN3S/c1-2-17-6-5-10(8-17)9-18-13-7-11(15)3-4-12(13)16-14(18)19/h3-4,7,10H,2,5-6,8-9H2,1H3,(H,16,19). The molecule has 3 rings (SSSR count). The Morgan fingerprint density at radius 2 is 2.32 bits per heavy atom. The van der Waals surface area contributed by atoms with E-state index in [0.29, 0.717) is 5.92 Å². The average molecular weight is 340 g/mol. The predicted octanol–water partition coefficient (Wildman–Crippen LogP) is 3.80. The van der Waals surface area contributed by atoms with E-state index < -0.39 is 0 Å².